The first-order valence-electron chi connectivity index (χ1n) is 9.17. The molecule has 0 saturated carbocycles. The van der Waals surface area contributed by atoms with Crippen LogP contribution in [0.25, 0.3) is 10.9 Å². The minimum Gasteiger partial charge on any atom is -0.322 e. The van der Waals surface area contributed by atoms with E-state index >= 15 is 0 Å². The van der Waals surface area contributed by atoms with Gasteiger partial charge in [0.05, 0.1) is 22.1 Å². The number of aromatic amines is 1. The SMILES string of the molecule is CCN(CC)S(=O)(=O)c1cc(C(=O)Nc2ccc3nc[nH]c(=O)c3c2)ccc1C. The molecule has 0 aliphatic rings. The zero-order valence-electron chi connectivity index (χ0n) is 16.4. The van der Waals surface area contributed by atoms with Gasteiger partial charge in [-0.1, -0.05) is 19.9 Å². The van der Waals surface area contributed by atoms with Gasteiger partial charge in [0, 0.05) is 24.3 Å². The van der Waals surface area contributed by atoms with E-state index in [2.05, 4.69) is 15.3 Å². The van der Waals surface area contributed by atoms with E-state index in [1.54, 1.807) is 45.0 Å². The molecule has 9 heteroatoms. The van der Waals surface area contributed by atoms with Crippen molar-refractivity contribution in [3.05, 3.63) is 64.2 Å². The Labute approximate surface area is 168 Å². The third-order valence-electron chi connectivity index (χ3n) is 4.67. The molecule has 0 radical (unpaired) electrons. The van der Waals surface area contributed by atoms with Gasteiger partial charge in [-0.05, 0) is 42.8 Å². The average molecular weight is 414 g/mol. The van der Waals surface area contributed by atoms with E-state index in [0.717, 1.165) is 0 Å². The van der Waals surface area contributed by atoms with Gasteiger partial charge >= 0.3 is 0 Å². The maximum Gasteiger partial charge on any atom is 0.258 e. The summed E-state index contributed by atoms with van der Waals surface area (Å²) in [6.07, 6.45) is 1.31. The molecule has 0 aliphatic carbocycles. The Morgan fingerprint density at radius 2 is 1.86 bits per heavy atom. The molecule has 2 aromatic carbocycles. The fraction of sp³-hybridized carbons (Fsp3) is 0.250. The monoisotopic (exact) mass is 414 g/mol. The van der Waals surface area contributed by atoms with E-state index in [1.165, 1.54) is 22.8 Å². The van der Waals surface area contributed by atoms with Crippen LogP contribution in [-0.4, -0.2) is 41.7 Å². The van der Waals surface area contributed by atoms with Crippen LogP contribution < -0.4 is 10.9 Å². The number of hydrogen-bond donors (Lipinski definition) is 2. The lowest BCUT2D eigenvalue weighted by molar-refractivity contribution is 0.102. The predicted octanol–water partition coefficient (Wildman–Crippen LogP) is 2.51. The molecular weight excluding hydrogens is 392 g/mol. The van der Waals surface area contributed by atoms with E-state index in [9.17, 15) is 18.0 Å². The molecule has 0 unspecified atom stereocenters. The van der Waals surface area contributed by atoms with Crippen LogP contribution in [0.1, 0.15) is 29.8 Å². The molecule has 0 aliphatic heterocycles. The van der Waals surface area contributed by atoms with E-state index in [-0.39, 0.29) is 16.0 Å². The van der Waals surface area contributed by atoms with Crippen molar-refractivity contribution in [2.45, 2.75) is 25.7 Å². The molecular formula is C20H22N4O4S. The van der Waals surface area contributed by atoms with Crippen molar-refractivity contribution < 1.29 is 13.2 Å². The molecule has 2 N–H and O–H groups in total. The van der Waals surface area contributed by atoms with Crippen LogP contribution in [0.4, 0.5) is 5.69 Å². The highest BCUT2D eigenvalue weighted by Gasteiger charge is 2.24. The normalized spacial score (nSPS) is 11.7. The number of carbonyl (C=O) groups excluding carboxylic acids is 1. The zero-order chi connectivity index (χ0) is 21.2. The number of sulfonamides is 1. The first-order valence-corrected chi connectivity index (χ1v) is 10.6. The van der Waals surface area contributed by atoms with Gasteiger partial charge in [0.2, 0.25) is 10.0 Å². The number of benzene rings is 2. The summed E-state index contributed by atoms with van der Waals surface area (Å²) in [5.74, 6) is -0.472. The molecule has 0 spiro atoms. The Bertz CT molecular complexity index is 1230. The summed E-state index contributed by atoms with van der Waals surface area (Å²) < 4.78 is 27.1. The highest BCUT2D eigenvalue weighted by atomic mass is 32.2. The molecule has 8 nitrogen and oxygen atoms in total. The largest absolute Gasteiger partial charge is 0.322 e. The number of anilines is 1. The number of carbonyl (C=O) groups is 1. The van der Waals surface area contributed by atoms with Crippen LogP contribution in [0.3, 0.4) is 0 Å². The molecule has 0 saturated heterocycles. The van der Waals surface area contributed by atoms with Crippen LogP contribution in [0.2, 0.25) is 0 Å². The number of amides is 1. The minimum atomic E-state index is -3.70. The third-order valence-corrected chi connectivity index (χ3v) is 6.86. The summed E-state index contributed by atoms with van der Waals surface area (Å²) in [5.41, 5.74) is 1.39. The first-order chi connectivity index (χ1) is 13.8. The van der Waals surface area contributed by atoms with Gasteiger partial charge in [-0.3, -0.25) is 9.59 Å². The topological polar surface area (TPSA) is 112 Å². The summed E-state index contributed by atoms with van der Waals surface area (Å²) in [6.45, 7) is 5.91. The highest BCUT2D eigenvalue weighted by Crippen LogP contribution is 2.22. The predicted molar refractivity (Wildman–Crippen MR) is 112 cm³/mol. The van der Waals surface area contributed by atoms with Crippen molar-refractivity contribution in [2.75, 3.05) is 18.4 Å². The molecule has 0 bridgehead atoms. The van der Waals surface area contributed by atoms with Crippen molar-refractivity contribution in [3.63, 3.8) is 0 Å². The van der Waals surface area contributed by atoms with E-state index in [0.29, 0.717) is 35.2 Å². The lowest BCUT2D eigenvalue weighted by atomic mass is 10.1. The minimum absolute atomic E-state index is 0.105. The maximum absolute atomic E-state index is 12.9. The second kappa shape index (κ2) is 8.14. The Kier molecular flexibility index (Phi) is 5.81. The summed E-state index contributed by atoms with van der Waals surface area (Å²) in [5, 5.41) is 3.05. The lowest BCUT2D eigenvalue weighted by Crippen LogP contribution is -2.31. The number of nitrogens with zero attached hydrogens (tertiary/aromatic N) is 2. The second-order valence-corrected chi connectivity index (χ2v) is 8.39. The fourth-order valence-electron chi connectivity index (χ4n) is 3.07. The van der Waals surface area contributed by atoms with Crippen molar-refractivity contribution in [1.82, 2.24) is 14.3 Å². The van der Waals surface area contributed by atoms with E-state index < -0.39 is 15.9 Å². The number of H-pyrrole nitrogens is 1. The van der Waals surface area contributed by atoms with Crippen LogP contribution >= 0.6 is 0 Å². The molecule has 0 atom stereocenters. The van der Waals surface area contributed by atoms with Crippen molar-refractivity contribution in [2.24, 2.45) is 0 Å². The summed E-state index contributed by atoms with van der Waals surface area (Å²) in [6, 6.07) is 9.36. The smallest absolute Gasteiger partial charge is 0.258 e. The molecule has 29 heavy (non-hydrogen) atoms. The second-order valence-electron chi connectivity index (χ2n) is 6.49. The summed E-state index contributed by atoms with van der Waals surface area (Å²) >= 11 is 0. The Morgan fingerprint density at radius 3 is 2.55 bits per heavy atom. The van der Waals surface area contributed by atoms with Crippen molar-refractivity contribution in [3.8, 4) is 0 Å². The Balaban J connectivity index is 1.94. The van der Waals surface area contributed by atoms with Crippen molar-refractivity contribution in [1.29, 1.82) is 0 Å². The highest BCUT2D eigenvalue weighted by molar-refractivity contribution is 7.89. The molecule has 1 amide bonds. The van der Waals surface area contributed by atoms with Gasteiger partial charge in [-0.15, -0.1) is 0 Å². The fourth-order valence-corrected chi connectivity index (χ4v) is 4.78. The van der Waals surface area contributed by atoms with Gasteiger partial charge in [0.15, 0.2) is 0 Å². The molecule has 1 aromatic heterocycles. The standard InChI is InChI=1S/C20H22N4O4S/c1-4-24(5-2)29(27,28)18-10-14(7-6-13(18)3)19(25)23-15-8-9-17-16(11-15)20(26)22-12-21-17/h6-12H,4-5H2,1-3H3,(H,23,25)(H,21,22,26). The number of rotatable bonds is 6. The van der Waals surface area contributed by atoms with Gasteiger partial charge in [-0.25, -0.2) is 13.4 Å². The quantitative estimate of drug-likeness (QED) is 0.644. The third kappa shape index (κ3) is 4.06. The van der Waals surface area contributed by atoms with Crippen LogP contribution in [-0.2, 0) is 10.0 Å². The first kappa shape index (κ1) is 20.7. The van der Waals surface area contributed by atoms with Gasteiger partial charge < -0.3 is 10.3 Å². The number of hydrogen-bond acceptors (Lipinski definition) is 5. The lowest BCUT2D eigenvalue weighted by Gasteiger charge is -2.20. The Morgan fingerprint density at radius 1 is 1.14 bits per heavy atom. The van der Waals surface area contributed by atoms with Gasteiger partial charge in [0.25, 0.3) is 11.5 Å². The van der Waals surface area contributed by atoms with Crippen LogP contribution in [0, 0.1) is 6.92 Å². The van der Waals surface area contributed by atoms with E-state index in [4.69, 9.17) is 0 Å². The number of aryl methyl sites for hydroxylation is 1. The molecule has 1 heterocycles. The number of fused-ring (bicyclic) bond motifs is 1. The summed E-state index contributed by atoms with van der Waals surface area (Å²) in [4.78, 5) is 31.3. The molecule has 3 aromatic rings. The van der Waals surface area contributed by atoms with Gasteiger partial charge in [0.1, 0.15) is 0 Å². The zero-order valence-corrected chi connectivity index (χ0v) is 17.2. The molecule has 152 valence electrons. The van der Waals surface area contributed by atoms with Gasteiger partial charge in [-0.2, -0.15) is 4.31 Å². The number of aromatic nitrogens is 2. The maximum atomic E-state index is 12.9. The average Bonchev–Trinajstić information content (AvgIpc) is 2.69. The Hall–Kier alpha value is -3.04. The van der Waals surface area contributed by atoms with Crippen LogP contribution in [0.5, 0.6) is 0 Å². The van der Waals surface area contributed by atoms with Crippen LogP contribution in [0.15, 0.2) is 52.4 Å². The van der Waals surface area contributed by atoms with E-state index in [1.807, 2.05) is 0 Å². The van der Waals surface area contributed by atoms with Crippen molar-refractivity contribution >= 4 is 32.5 Å². The molecule has 0 fully saturated rings. The summed E-state index contributed by atoms with van der Waals surface area (Å²) in [7, 11) is -3.70. The number of nitrogens with one attached hydrogen (secondary N) is 2. The molecule has 3 rings (SSSR count).